The molecule has 3 heterocycles. The average molecular weight is 324 g/mol. The summed E-state index contributed by atoms with van der Waals surface area (Å²) < 4.78 is 12.2. The molecule has 0 spiro atoms. The van der Waals surface area contributed by atoms with E-state index in [1.807, 2.05) is 4.90 Å². The van der Waals surface area contributed by atoms with Crippen molar-refractivity contribution in [1.82, 2.24) is 14.7 Å². The lowest BCUT2D eigenvalue weighted by Gasteiger charge is -2.34. The van der Waals surface area contributed by atoms with Crippen LogP contribution in [0.2, 0.25) is 0 Å². The first-order valence-corrected chi connectivity index (χ1v) is 7.64. The first-order valence-electron chi connectivity index (χ1n) is 7.64. The van der Waals surface area contributed by atoms with Crippen molar-refractivity contribution in [3.8, 4) is 0 Å². The quantitative estimate of drug-likeness (QED) is 0.564. The number of fused-ring (bicyclic) bond motifs is 3. The summed E-state index contributed by atoms with van der Waals surface area (Å²) in [4.78, 5) is 34.4. The molecule has 0 radical (unpaired) electrons. The Kier molecular flexibility index (Phi) is 4.31. The summed E-state index contributed by atoms with van der Waals surface area (Å²) in [5.74, 6) is 1.03. The van der Waals surface area contributed by atoms with E-state index in [2.05, 4.69) is 9.57 Å². The minimum absolute atomic E-state index is 0.229. The van der Waals surface area contributed by atoms with Gasteiger partial charge in [-0.05, 0) is 0 Å². The maximum atomic E-state index is 12.8. The van der Waals surface area contributed by atoms with Gasteiger partial charge in [-0.1, -0.05) is 4.99 Å². The average Bonchev–Trinajstić information content (AvgIpc) is 3.10. The predicted molar refractivity (Wildman–Crippen MR) is 81.6 cm³/mol. The van der Waals surface area contributed by atoms with Gasteiger partial charge in [0.1, 0.15) is 0 Å². The highest BCUT2D eigenvalue weighted by molar-refractivity contribution is 6.25. The van der Waals surface area contributed by atoms with Crippen molar-refractivity contribution < 1.29 is 23.6 Å². The van der Waals surface area contributed by atoms with Gasteiger partial charge in [-0.2, -0.15) is 0 Å². The fraction of sp³-hybridized carbons (Fsp3) is 0.714. The van der Waals surface area contributed by atoms with Gasteiger partial charge in [-0.15, -0.1) is 0 Å². The molecule has 9 nitrogen and oxygen atoms in total. The highest BCUT2D eigenvalue weighted by atomic mass is 16.5. The van der Waals surface area contributed by atoms with Crippen molar-refractivity contribution in [3.05, 3.63) is 0 Å². The van der Waals surface area contributed by atoms with Gasteiger partial charge in [0.2, 0.25) is 11.9 Å². The Morgan fingerprint density at radius 1 is 1.26 bits per heavy atom. The maximum absolute atomic E-state index is 12.8. The largest absolute Gasteiger partial charge is 0.392 e. The number of amidine groups is 1. The van der Waals surface area contributed by atoms with E-state index in [-0.39, 0.29) is 18.5 Å². The number of aliphatic imine (C=N–C) groups is 1. The Morgan fingerprint density at radius 2 is 2.00 bits per heavy atom. The number of imide groups is 1. The van der Waals surface area contributed by atoms with E-state index in [4.69, 9.17) is 9.47 Å². The summed E-state index contributed by atoms with van der Waals surface area (Å²) in [6, 6.07) is -0.871. The van der Waals surface area contributed by atoms with E-state index in [9.17, 15) is 9.59 Å². The number of hydrogen-bond acceptors (Lipinski definition) is 6. The van der Waals surface area contributed by atoms with E-state index in [1.54, 1.807) is 21.3 Å². The summed E-state index contributed by atoms with van der Waals surface area (Å²) >= 11 is 0. The summed E-state index contributed by atoms with van der Waals surface area (Å²) in [5.41, 5.74) is 0. The fourth-order valence-electron chi connectivity index (χ4n) is 3.12. The molecule has 3 rings (SSSR count). The molecule has 0 aromatic rings. The number of likely N-dealkylation sites (N-methyl/N-ethyl adjacent to an activating group) is 1. The summed E-state index contributed by atoms with van der Waals surface area (Å²) in [6.07, 6.45) is 0. The second kappa shape index (κ2) is 6.25. The number of hydrogen-bond donors (Lipinski definition) is 0. The molecule has 0 N–H and O–H groups in total. The van der Waals surface area contributed by atoms with Crippen LogP contribution >= 0.6 is 0 Å². The molecule has 0 aromatic heterocycles. The standard InChI is InChI=1S/C14H22N5O4/c1-16-11-10(12(20)19(14(16)21)7-9-23-3)18-5-4-17(6-8-22-2)13(18)15-11/h10H,4-9H2,1-3H3/q+1. The lowest BCUT2D eigenvalue weighted by molar-refractivity contribution is -0.521. The smallest absolute Gasteiger partial charge is 0.383 e. The lowest BCUT2D eigenvalue weighted by Crippen LogP contribution is -2.64. The highest BCUT2D eigenvalue weighted by Gasteiger charge is 2.57. The van der Waals surface area contributed by atoms with Crippen LogP contribution in [0.15, 0.2) is 4.99 Å². The van der Waals surface area contributed by atoms with Crippen LogP contribution in [0.4, 0.5) is 4.79 Å². The maximum Gasteiger partial charge on any atom is 0.392 e. The van der Waals surface area contributed by atoms with Crippen molar-refractivity contribution in [2.24, 2.45) is 4.99 Å². The lowest BCUT2D eigenvalue weighted by atomic mass is 10.1. The molecule has 0 aromatic carbocycles. The van der Waals surface area contributed by atoms with E-state index >= 15 is 0 Å². The van der Waals surface area contributed by atoms with Gasteiger partial charge in [0.05, 0.1) is 39.4 Å². The van der Waals surface area contributed by atoms with Crippen molar-refractivity contribution in [3.63, 3.8) is 0 Å². The van der Waals surface area contributed by atoms with Gasteiger partial charge in [0.25, 0.3) is 5.91 Å². The number of carbonyl (C=O) groups excluding carboxylic acids is 2. The topological polar surface area (TPSA) is 77.7 Å². The number of amides is 3. The molecule has 126 valence electrons. The SMILES string of the molecule is COCCN1C(=O)C2C(=NC3=[N+](CCOC)CCN32)N(C)C1=O. The van der Waals surface area contributed by atoms with Crippen LogP contribution < -0.4 is 0 Å². The second-order valence-corrected chi connectivity index (χ2v) is 5.67. The van der Waals surface area contributed by atoms with Gasteiger partial charge >= 0.3 is 12.0 Å². The molecule has 0 saturated carbocycles. The minimum Gasteiger partial charge on any atom is -0.383 e. The molecule has 0 bridgehead atoms. The van der Waals surface area contributed by atoms with Gasteiger partial charge in [-0.25, -0.2) is 9.69 Å². The molecule has 1 atom stereocenters. The van der Waals surface area contributed by atoms with Crippen molar-refractivity contribution >= 4 is 23.7 Å². The third kappa shape index (κ3) is 2.49. The number of methoxy groups -OCH3 is 2. The van der Waals surface area contributed by atoms with Crippen LogP contribution in [0.3, 0.4) is 0 Å². The molecule has 9 heteroatoms. The zero-order chi connectivity index (χ0) is 16.6. The molecule has 1 saturated heterocycles. The highest BCUT2D eigenvalue weighted by Crippen LogP contribution is 2.25. The normalized spacial score (nSPS) is 23.7. The predicted octanol–water partition coefficient (Wildman–Crippen LogP) is -1.36. The third-order valence-corrected chi connectivity index (χ3v) is 4.37. The van der Waals surface area contributed by atoms with Crippen LogP contribution in [0.1, 0.15) is 0 Å². The molecular formula is C14H22N5O4+. The number of rotatable bonds is 6. The summed E-state index contributed by atoms with van der Waals surface area (Å²) in [6.45, 7) is 3.39. The Morgan fingerprint density at radius 3 is 2.70 bits per heavy atom. The fourth-order valence-corrected chi connectivity index (χ4v) is 3.12. The van der Waals surface area contributed by atoms with E-state index in [0.29, 0.717) is 32.1 Å². The third-order valence-electron chi connectivity index (χ3n) is 4.37. The van der Waals surface area contributed by atoms with Gasteiger partial charge in [0.15, 0.2) is 0 Å². The first kappa shape index (κ1) is 15.9. The zero-order valence-corrected chi connectivity index (χ0v) is 13.7. The molecule has 3 aliphatic rings. The van der Waals surface area contributed by atoms with Crippen LogP contribution in [0.5, 0.6) is 0 Å². The van der Waals surface area contributed by atoms with Crippen molar-refractivity contribution in [2.45, 2.75) is 6.04 Å². The van der Waals surface area contributed by atoms with Crippen molar-refractivity contribution in [1.29, 1.82) is 0 Å². The molecule has 1 fully saturated rings. The van der Waals surface area contributed by atoms with E-state index < -0.39 is 6.04 Å². The van der Waals surface area contributed by atoms with Crippen LogP contribution in [0.25, 0.3) is 0 Å². The second-order valence-electron chi connectivity index (χ2n) is 5.67. The van der Waals surface area contributed by atoms with Crippen LogP contribution in [-0.2, 0) is 14.3 Å². The summed E-state index contributed by atoms with van der Waals surface area (Å²) in [5, 5.41) is 0. The van der Waals surface area contributed by atoms with E-state index in [1.165, 1.54) is 9.80 Å². The molecule has 3 amide bonds. The molecular weight excluding hydrogens is 302 g/mol. The number of nitrogens with zero attached hydrogens (tertiary/aromatic N) is 5. The monoisotopic (exact) mass is 324 g/mol. The molecule has 3 aliphatic heterocycles. The number of carbonyl (C=O) groups is 2. The minimum atomic E-state index is -0.517. The number of ether oxygens (including phenoxy) is 2. The number of urea groups is 1. The van der Waals surface area contributed by atoms with Crippen LogP contribution in [0, 0.1) is 0 Å². The Balaban J connectivity index is 1.89. The van der Waals surface area contributed by atoms with Gasteiger partial charge < -0.3 is 9.47 Å². The van der Waals surface area contributed by atoms with Gasteiger partial charge in [0, 0.05) is 21.3 Å². The van der Waals surface area contributed by atoms with Crippen LogP contribution in [-0.4, -0.2) is 110 Å². The molecule has 1 unspecified atom stereocenters. The molecule has 23 heavy (non-hydrogen) atoms. The Hall–Kier alpha value is -2.00. The first-order chi connectivity index (χ1) is 11.1. The Bertz CT molecular complexity index is 588. The zero-order valence-electron chi connectivity index (χ0n) is 13.7. The summed E-state index contributed by atoms with van der Waals surface area (Å²) in [7, 11) is 4.86. The Labute approximate surface area is 134 Å². The van der Waals surface area contributed by atoms with Gasteiger partial charge in [-0.3, -0.25) is 19.2 Å². The number of guanidine groups is 1. The molecule has 0 aliphatic carbocycles. The van der Waals surface area contributed by atoms with E-state index in [0.717, 1.165) is 12.5 Å². The van der Waals surface area contributed by atoms with Crippen molar-refractivity contribution in [2.75, 3.05) is 60.7 Å².